The number of sulfonamides is 1. The van der Waals surface area contributed by atoms with Crippen molar-refractivity contribution in [1.29, 1.82) is 0 Å². The Hall–Kier alpha value is -4.79. The Balaban J connectivity index is 0.00000165. The van der Waals surface area contributed by atoms with Gasteiger partial charge in [-0.05, 0) is 79.8 Å². The third-order valence-corrected chi connectivity index (χ3v) is 10.4. The van der Waals surface area contributed by atoms with E-state index in [0.717, 1.165) is 24.1 Å². The van der Waals surface area contributed by atoms with Crippen LogP contribution in [0.2, 0.25) is 0 Å². The van der Waals surface area contributed by atoms with Gasteiger partial charge >= 0.3 is 0 Å². The van der Waals surface area contributed by atoms with Gasteiger partial charge in [-0.1, -0.05) is 32.0 Å². The molecule has 1 atom stereocenters. The minimum Gasteiger partial charge on any atom is -0.473 e. The van der Waals surface area contributed by atoms with Crippen LogP contribution in [0.4, 0.5) is 13.2 Å². The molecule has 14 heteroatoms. The smallest absolute Gasteiger partial charge is 0.264 e. The second-order valence-corrected chi connectivity index (χ2v) is 14.1. The maximum absolute atomic E-state index is 15.6. The zero-order chi connectivity index (χ0) is 35.6. The first kappa shape index (κ1) is 37.5. The molecular formula is C37H40F3N5O5S. The van der Waals surface area contributed by atoms with Gasteiger partial charge in [-0.15, -0.1) is 0 Å². The average Bonchev–Trinajstić information content (AvgIpc) is 3.89. The van der Waals surface area contributed by atoms with E-state index in [1.807, 2.05) is 13.8 Å². The molecule has 2 aliphatic rings. The molecule has 5 aromatic rings. The standard InChI is InChI=1S/C35H31F3N4O5S.C2H6.H3N/c1-20-5-6-22(27(36)13-20)19-47-34-4-2-3-30(40-34)26-17-28(37)23(14-29(26)38)16-33-39-31-10-7-21(35(43)41-48(44,45)25-8-9-25)15-32(31)42(33)18-24-11-12-46-24;1-2;/h2-7,10,13-15,17,24-25H,8-9,11-12,16,18-19H2,1H3,(H,41,43);1-2H3;1H3/t24-;;/m0../s1. The van der Waals surface area contributed by atoms with Crippen LogP contribution in [-0.2, 0) is 34.3 Å². The van der Waals surface area contributed by atoms with Crippen LogP contribution in [0.3, 0.4) is 0 Å². The van der Waals surface area contributed by atoms with E-state index in [-0.39, 0.29) is 53.5 Å². The van der Waals surface area contributed by atoms with Crippen molar-refractivity contribution in [3.8, 4) is 17.1 Å². The molecule has 3 heterocycles. The Labute approximate surface area is 294 Å². The van der Waals surface area contributed by atoms with Gasteiger partial charge in [0, 0.05) is 35.8 Å². The molecular weight excluding hydrogens is 683 g/mol. The minimum absolute atomic E-state index is 0. The molecule has 0 unspecified atom stereocenters. The molecule has 0 radical (unpaired) electrons. The van der Waals surface area contributed by atoms with E-state index < -0.39 is 38.6 Å². The van der Waals surface area contributed by atoms with Crippen LogP contribution < -0.4 is 15.6 Å². The molecule has 2 aromatic heterocycles. The predicted octanol–water partition coefficient (Wildman–Crippen LogP) is 7.19. The molecule has 10 nitrogen and oxygen atoms in total. The van der Waals surface area contributed by atoms with Gasteiger partial charge in [-0.2, -0.15) is 0 Å². The van der Waals surface area contributed by atoms with Crippen LogP contribution >= 0.6 is 0 Å². The van der Waals surface area contributed by atoms with Crippen LogP contribution in [0, 0.1) is 24.4 Å². The molecule has 2 fully saturated rings. The van der Waals surface area contributed by atoms with Crippen molar-refractivity contribution in [2.75, 3.05) is 6.61 Å². The fourth-order valence-electron chi connectivity index (χ4n) is 5.59. The van der Waals surface area contributed by atoms with E-state index in [1.54, 1.807) is 47.9 Å². The first-order valence-corrected chi connectivity index (χ1v) is 18.1. The maximum Gasteiger partial charge on any atom is 0.264 e. The van der Waals surface area contributed by atoms with Crippen LogP contribution in [-0.4, -0.2) is 46.8 Å². The zero-order valence-corrected chi connectivity index (χ0v) is 29.4. The summed E-state index contributed by atoms with van der Waals surface area (Å²) >= 11 is 0. The highest BCUT2D eigenvalue weighted by Gasteiger charge is 2.37. The van der Waals surface area contributed by atoms with Crippen molar-refractivity contribution in [1.82, 2.24) is 25.4 Å². The first-order valence-electron chi connectivity index (χ1n) is 16.5. The minimum atomic E-state index is -3.74. The summed E-state index contributed by atoms with van der Waals surface area (Å²) in [5.74, 6) is -1.99. The lowest BCUT2D eigenvalue weighted by Gasteiger charge is -2.27. The predicted molar refractivity (Wildman–Crippen MR) is 188 cm³/mol. The molecule has 270 valence electrons. The Kier molecular flexibility index (Phi) is 11.5. The molecule has 3 aromatic carbocycles. The lowest BCUT2D eigenvalue weighted by atomic mass is 10.0. The van der Waals surface area contributed by atoms with Crippen molar-refractivity contribution in [2.45, 2.75) is 71.0 Å². The molecule has 7 rings (SSSR count). The number of fused-ring (bicyclic) bond motifs is 1. The molecule has 4 N–H and O–H groups in total. The van der Waals surface area contributed by atoms with Crippen molar-refractivity contribution >= 4 is 27.0 Å². The van der Waals surface area contributed by atoms with Gasteiger partial charge in [-0.3, -0.25) is 4.79 Å². The lowest BCUT2D eigenvalue weighted by Crippen LogP contribution is -2.33. The number of pyridine rings is 1. The van der Waals surface area contributed by atoms with Crippen molar-refractivity contribution in [3.05, 3.63) is 112 Å². The number of carbonyl (C=O) groups excluding carboxylic acids is 1. The molecule has 1 saturated heterocycles. The number of halogens is 3. The summed E-state index contributed by atoms with van der Waals surface area (Å²) < 4.78 is 85.4. The summed E-state index contributed by atoms with van der Waals surface area (Å²) in [6, 6.07) is 16.3. The fraction of sp³-hybridized carbons (Fsp3) is 0.324. The first-order chi connectivity index (χ1) is 24.0. The molecule has 1 aliphatic carbocycles. The Morgan fingerprint density at radius 1 is 0.941 bits per heavy atom. The van der Waals surface area contributed by atoms with Crippen LogP contribution in [0.15, 0.2) is 66.7 Å². The van der Waals surface area contributed by atoms with Gasteiger partial charge in [0.15, 0.2) is 0 Å². The largest absolute Gasteiger partial charge is 0.473 e. The van der Waals surface area contributed by atoms with Crippen LogP contribution in [0.5, 0.6) is 5.88 Å². The number of nitrogens with zero attached hydrogens (tertiary/aromatic N) is 3. The normalized spacial score (nSPS) is 15.3. The number of amides is 1. The number of imidazole rings is 1. The van der Waals surface area contributed by atoms with E-state index in [4.69, 9.17) is 9.47 Å². The number of aromatic nitrogens is 3. The average molecular weight is 724 g/mol. The van der Waals surface area contributed by atoms with Crippen molar-refractivity contribution in [3.63, 3.8) is 0 Å². The highest BCUT2D eigenvalue weighted by Crippen LogP contribution is 2.30. The monoisotopic (exact) mass is 723 g/mol. The Morgan fingerprint density at radius 2 is 1.69 bits per heavy atom. The van der Waals surface area contributed by atoms with Gasteiger partial charge in [0.25, 0.3) is 5.91 Å². The van der Waals surface area contributed by atoms with Crippen molar-refractivity contribution < 1.29 is 35.9 Å². The number of aryl methyl sites for hydroxylation is 1. The van der Waals surface area contributed by atoms with Crippen molar-refractivity contribution in [2.24, 2.45) is 0 Å². The highest BCUT2D eigenvalue weighted by atomic mass is 32.2. The zero-order valence-electron chi connectivity index (χ0n) is 28.6. The van der Waals surface area contributed by atoms with Gasteiger partial charge in [0.2, 0.25) is 15.9 Å². The summed E-state index contributed by atoms with van der Waals surface area (Å²) in [7, 11) is -3.74. The van der Waals surface area contributed by atoms with Gasteiger partial charge in [-0.25, -0.2) is 36.3 Å². The maximum atomic E-state index is 15.6. The van der Waals surface area contributed by atoms with Gasteiger partial charge in [0.05, 0.1) is 34.6 Å². The van der Waals surface area contributed by atoms with Crippen LogP contribution in [0.1, 0.15) is 66.0 Å². The summed E-state index contributed by atoms with van der Waals surface area (Å²) in [4.78, 5) is 21.8. The summed E-state index contributed by atoms with van der Waals surface area (Å²) in [5, 5.41) is -0.553. The second kappa shape index (κ2) is 15.6. The molecule has 0 spiro atoms. The quantitative estimate of drug-likeness (QED) is 0.146. The van der Waals surface area contributed by atoms with Crippen LogP contribution in [0.25, 0.3) is 22.3 Å². The number of hydrogen-bond donors (Lipinski definition) is 2. The number of benzene rings is 3. The van der Waals surface area contributed by atoms with Gasteiger partial charge < -0.3 is 20.2 Å². The SMILES string of the molecule is CC.Cc1ccc(COc2cccc(-c3cc(F)c(Cc4nc5ccc(C(=O)NS(=O)(=O)C6CC6)cc5n4C[C@@H]4CCO4)cc3F)n2)c(F)c1.N. The van der Waals surface area contributed by atoms with Gasteiger partial charge in [0.1, 0.15) is 29.9 Å². The Morgan fingerprint density at radius 3 is 2.37 bits per heavy atom. The topological polar surface area (TPSA) is 147 Å². The van der Waals surface area contributed by atoms with E-state index in [0.29, 0.717) is 48.4 Å². The summed E-state index contributed by atoms with van der Waals surface area (Å²) in [6.45, 7) is 6.66. The number of nitrogens with one attached hydrogen (secondary N) is 1. The molecule has 1 amide bonds. The Bertz CT molecular complexity index is 2170. The molecule has 51 heavy (non-hydrogen) atoms. The third kappa shape index (κ3) is 8.41. The molecule has 1 aliphatic heterocycles. The molecule has 1 saturated carbocycles. The molecule has 0 bridgehead atoms. The van der Waals surface area contributed by atoms with E-state index >= 15 is 8.78 Å². The fourth-order valence-corrected chi connectivity index (χ4v) is 6.89. The number of hydrogen-bond acceptors (Lipinski definition) is 8. The second-order valence-electron chi connectivity index (χ2n) is 12.1. The summed E-state index contributed by atoms with van der Waals surface area (Å²) in [6.07, 6.45) is 1.64. The van der Waals surface area contributed by atoms with E-state index in [1.165, 1.54) is 18.2 Å². The van der Waals surface area contributed by atoms with E-state index in [2.05, 4.69) is 14.7 Å². The number of carbonyl (C=O) groups is 1. The third-order valence-electron chi connectivity index (χ3n) is 8.54. The lowest BCUT2D eigenvalue weighted by molar-refractivity contribution is -0.0589. The van der Waals surface area contributed by atoms with E-state index in [9.17, 15) is 17.6 Å². The number of ether oxygens (including phenoxy) is 2. The summed E-state index contributed by atoms with van der Waals surface area (Å²) in [5.41, 5.74) is 2.43. The highest BCUT2D eigenvalue weighted by molar-refractivity contribution is 7.91. The number of rotatable bonds is 11.